The molecule has 5 nitrogen and oxygen atoms in total. The Labute approximate surface area is 172 Å². The molecular formula is C24H29NO4. The first kappa shape index (κ1) is 22.2. The van der Waals surface area contributed by atoms with Crippen molar-refractivity contribution in [2.75, 3.05) is 11.9 Å². The third-order valence-electron chi connectivity index (χ3n) is 4.41. The zero-order valence-electron chi connectivity index (χ0n) is 16.9. The highest BCUT2D eigenvalue weighted by atomic mass is 16.5. The number of carbonyl (C=O) groups excluding carboxylic acids is 1. The van der Waals surface area contributed by atoms with E-state index in [1.807, 2.05) is 12.1 Å². The molecule has 0 aliphatic carbocycles. The molecule has 2 aromatic carbocycles. The van der Waals surface area contributed by atoms with Crippen molar-refractivity contribution in [1.29, 1.82) is 0 Å². The van der Waals surface area contributed by atoms with Gasteiger partial charge in [0.15, 0.2) is 0 Å². The highest BCUT2D eigenvalue weighted by Crippen LogP contribution is 2.24. The molecule has 2 N–H and O–H groups in total. The SMILES string of the molecule is CCCCCc1ccc(C=CC(=O)Nc2ccccc2OCCCC(=O)O)cc1. The predicted molar refractivity (Wildman–Crippen MR) is 116 cm³/mol. The maximum atomic E-state index is 12.3. The first-order valence-electron chi connectivity index (χ1n) is 10.1. The van der Waals surface area contributed by atoms with Crippen molar-refractivity contribution in [3.8, 4) is 5.75 Å². The van der Waals surface area contributed by atoms with Crippen molar-refractivity contribution in [2.45, 2.75) is 45.4 Å². The number of anilines is 1. The average molecular weight is 395 g/mol. The van der Waals surface area contributed by atoms with Gasteiger partial charge >= 0.3 is 5.97 Å². The summed E-state index contributed by atoms with van der Waals surface area (Å²) in [6.07, 6.45) is 8.47. The minimum atomic E-state index is -0.852. The Hall–Kier alpha value is -3.08. The first-order valence-corrected chi connectivity index (χ1v) is 10.1. The Bertz CT molecular complexity index is 812. The van der Waals surface area contributed by atoms with Crippen LogP contribution < -0.4 is 10.1 Å². The molecule has 0 saturated carbocycles. The van der Waals surface area contributed by atoms with Crippen molar-refractivity contribution in [1.82, 2.24) is 0 Å². The predicted octanol–water partition coefficient (Wildman–Crippen LogP) is 5.31. The van der Waals surface area contributed by atoms with Crippen molar-refractivity contribution >= 4 is 23.6 Å². The van der Waals surface area contributed by atoms with E-state index in [-0.39, 0.29) is 18.9 Å². The number of hydrogen-bond acceptors (Lipinski definition) is 3. The number of unbranched alkanes of at least 4 members (excludes halogenated alkanes) is 2. The summed E-state index contributed by atoms with van der Waals surface area (Å²) in [6, 6.07) is 15.4. The molecule has 0 radical (unpaired) electrons. The van der Waals surface area contributed by atoms with E-state index in [0.29, 0.717) is 17.9 Å². The summed E-state index contributed by atoms with van der Waals surface area (Å²) in [7, 11) is 0. The number of aryl methyl sites for hydroxylation is 1. The Kier molecular flexibility index (Phi) is 9.49. The van der Waals surface area contributed by atoms with E-state index in [9.17, 15) is 9.59 Å². The van der Waals surface area contributed by atoms with Crippen LogP contribution in [-0.2, 0) is 16.0 Å². The van der Waals surface area contributed by atoms with Crippen LogP contribution in [0.4, 0.5) is 5.69 Å². The standard InChI is InChI=1S/C24H29NO4/c1-2-3-4-8-19-12-14-20(15-13-19)16-17-23(26)25-21-9-5-6-10-22(21)29-18-7-11-24(27)28/h5-6,9-10,12-17H,2-4,7-8,11,18H2,1H3,(H,25,26)(H,27,28). The van der Waals surface area contributed by atoms with Gasteiger partial charge in [0.1, 0.15) is 5.75 Å². The third kappa shape index (κ3) is 8.64. The number of carbonyl (C=O) groups is 2. The second-order valence-corrected chi connectivity index (χ2v) is 6.86. The van der Waals surface area contributed by atoms with Gasteiger partial charge in [-0.25, -0.2) is 0 Å². The molecule has 2 rings (SSSR count). The molecule has 0 spiro atoms. The van der Waals surface area contributed by atoms with Crippen LogP contribution in [-0.4, -0.2) is 23.6 Å². The van der Waals surface area contributed by atoms with Crippen LogP contribution in [0.15, 0.2) is 54.6 Å². The van der Waals surface area contributed by atoms with E-state index in [2.05, 4.69) is 24.4 Å². The number of aliphatic carboxylic acids is 1. The number of ether oxygens (including phenoxy) is 1. The fourth-order valence-corrected chi connectivity index (χ4v) is 2.82. The van der Waals surface area contributed by atoms with Gasteiger partial charge in [0, 0.05) is 12.5 Å². The minimum absolute atomic E-state index is 0.0503. The molecule has 0 heterocycles. The number of para-hydroxylation sites is 2. The monoisotopic (exact) mass is 395 g/mol. The van der Waals surface area contributed by atoms with E-state index in [1.165, 1.54) is 30.9 Å². The topological polar surface area (TPSA) is 75.6 Å². The Morgan fingerprint density at radius 3 is 2.52 bits per heavy atom. The Balaban J connectivity index is 1.87. The molecule has 154 valence electrons. The molecule has 0 atom stereocenters. The number of benzene rings is 2. The summed E-state index contributed by atoms with van der Waals surface area (Å²) >= 11 is 0. The first-order chi connectivity index (χ1) is 14.1. The van der Waals surface area contributed by atoms with Gasteiger partial charge in [-0.15, -0.1) is 0 Å². The van der Waals surface area contributed by atoms with E-state index in [0.717, 1.165) is 12.0 Å². The van der Waals surface area contributed by atoms with Gasteiger partial charge in [-0.3, -0.25) is 9.59 Å². The normalized spacial score (nSPS) is 10.8. The average Bonchev–Trinajstić information content (AvgIpc) is 2.72. The van der Waals surface area contributed by atoms with Gasteiger partial charge < -0.3 is 15.2 Å². The fraction of sp³-hybridized carbons (Fsp3) is 0.333. The quantitative estimate of drug-likeness (QED) is 0.377. The molecular weight excluding hydrogens is 366 g/mol. The Morgan fingerprint density at radius 2 is 1.79 bits per heavy atom. The van der Waals surface area contributed by atoms with Gasteiger partial charge in [0.05, 0.1) is 12.3 Å². The molecule has 0 aromatic heterocycles. The molecule has 0 unspecified atom stereocenters. The fourth-order valence-electron chi connectivity index (χ4n) is 2.82. The third-order valence-corrected chi connectivity index (χ3v) is 4.41. The van der Waals surface area contributed by atoms with Crippen LogP contribution in [0.3, 0.4) is 0 Å². The van der Waals surface area contributed by atoms with E-state index < -0.39 is 5.97 Å². The van der Waals surface area contributed by atoms with Gasteiger partial charge in [-0.05, 0) is 48.6 Å². The second-order valence-electron chi connectivity index (χ2n) is 6.86. The summed E-state index contributed by atoms with van der Waals surface area (Å²) in [6.45, 7) is 2.47. The van der Waals surface area contributed by atoms with E-state index in [4.69, 9.17) is 9.84 Å². The molecule has 5 heteroatoms. The summed E-state index contributed by atoms with van der Waals surface area (Å²) in [5, 5.41) is 11.5. The van der Waals surface area contributed by atoms with Gasteiger partial charge in [-0.2, -0.15) is 0 Å². The zero-order chi connectivity index (χ0) is 20.9. The van der Waals surface area contributed by atoms with Crippen LogP contribution in [0, 0.1) is 0 Å². The molecule has 2 aromatic rings. The second kappa shape index (κ2) is 12.4. The van der Waals surface area contributed by atoms with Crippen molar-refractivity contribution < 1.29 is 19.4 Å². The van der Waals surface area contributed by atoms with Crippen molar-refractivity contribution in [2.24, 2.45) is 0 Å². The molecule has 0 aliphatic heterocycles. The summed E-state index contributed by atoms with van der Waals surface area (Å²) in [5.41, 5.74) is 2.84. The number of rotatable bonds is 12. The van der Waals surface area contributed by atoms with Gasteiger partial charge in [0.2, 0.25) is 5.91 Å². The lowest BCUT2D eigenvalue weighted by molar-refractivity contribution is -0.137. The van der Waals surface area contributed by atoms with Crippen molar-refractivity contribution in [3.05, 3.63) is 65.7 Å². The van der Waals surface area contributed by atoms with E-state index in [1.54, 1.807) is 30.3 Å². The maximum absolute atomic E-state index is 12.3. The van der Waals surface area contributed by atoms with Crippen molar-refractivity contribution in [3.63, 3.8) is 0 Å². The van der Waals surface area contributed by atoms with Crippen LogP contribution in [0.25, 0.3) is 6.08 Å². The summed E-state index contributed by atoms with van der Waals surface area (Å²) in [4.78, 5) is 22.8. The molecule has 29 heavy (non-hydrogen) atoms. The summed E-state index contributed by atoms with van der Waals surface area (Å²) in [5.74, 6) is -0.580. The molecule has 0 saturated heterocycles. The molecule has 1 amide bonds. The van der Waals surface area contributed by atoms with Gasteiger partial charge in [-0.1, -0.05) is 56.2 Å². The smallest absolute Gasteiger partial charge is 0.303 e. The number of hydrogen-bond donors (Lipinski definition) is 2. The lowest BCUT2D eigenvalue weighted by Gasteiger charge is -2.11. The largest absolute Gasteiger partial charge is 0.491 e. The van der Waals surface area contributed by atoms with Crippen LogP contribution in [0.2, 0.25) is 0 Å². The number of nitrogens with one attached hydrogen (secondary N) is 1. The minimum Gasteiger partial charge on any atom is -0.491 e. The molecule has 0 bridgehead atoms. The molecule has 0 aliphatic rings. The van der Waals surface area contributed by atoms with Crippen LogP contribution >= 0.6 is 0 Å². The molecule has 0 fully saturated rings. The Morgan fingerprint density at radius 1 is 1.03 bits per heavy atom. The van der Waals surface area contributed by atoms with Crippen LogP contribution in [0.1, 0.15) is 50.2 Å². The highest BCUT2D eigenvalue weighted by Gasteiger charge is 2.06. The highest BCUT2D eigenvalue weighted by molar-refractivity contribution is 6.02. The lowest BCUT2D eigenvalue weighted by Crippen LogP contribution is -2.10. The lowest BCUT2D eigenvalue weighted by atomic mass is 10.1. The number of carboxylic acid groups (broad SMARTS) is 1. The maximum Gasteiger partial charge on any atom is 0.303 e. The summed E-state index contributed by atoms with van der Waals surface area (Å²) < 4.78 is 5.60. The van der Waals surface area contributed by atoms with Gasteiger partial charge in [0.25, 0.3) is 0 Å². The van der Waals surface area contributed by atoms with E-state index >= 15 is 0 Å². The van der Waals surface area contributed by atoms with Crippen LogP contribution in [0.5, 0.6) is 5.75 Å². The number of carboxylic acids is 1. The zero-order valence-corrected chi connectivity index (χ0v) is 16.9. The number of amides is 1.